The van der Waals surface area contributed by atoms with Crippen LogP contribution in [-0.4, -0.2) is 27.7 Å². The maximum Gasteiger partial charge on any atom is 0.412 e. The first-order valence-corrected chi connectivity index (χ1v) is 7.31. The molecule has 0 saturated heterocycles. The number of nitrogens with one attached hydrogen (secondary N) is 1. The molecule has 0 unspecified atom stereocenters. The van der Waals surface area contributed by atoms with Gasteiger partial charge in [-0.05, 0) is 51.8 Å². The Morgan fingerprint density at radius 2 is 2.04 bits per heavy atom. The topological polar surface area (TPSA) is 73.2 Å². The molecule has 0 radical (unpaired) electrons. The molecular weight excluding hydrogens is 321 g/mol. The van der Waals surface area contributed by atoms with Crippen LogP contribution in [0.25, 0.3) is 6.08 Å². The number of alkyl carbamates (subject to hydrolysis) is 1. The number of hydrogen-bond acceptors (Lipinski definition) is 5. The SMILES string of the molecule is C=C(C)/C(=C\c1c(C)cnn1SF)NC(=O)OC(C)(C)C.C=O. The Kier molecular flexibility index (Phi) is 8.31. The van der Waals surface area contributed by atoms with Crippen LogP contribution < -0.4 is 5.32 Å². The van der Waals surface area contributed by atoms with Crippen LogP contribution in [0.15, 0.2) is 24.0 Å². The van der Waals surface area contributed by atoms with Crippen molar-refractivity contribution in [2.24, 2.45) is 0 Å². The van der Waals surface area contributed by atoms with Crippen LogP contribution in [0.3, 0.4) is 0 Å². The molecule has 1 rings (SSSR count). The second kappa shape index (κ2) is 9.14. The monoisotopic (exact) mass is 343 g/mol. The van der Waals surface area contributed by atoms with Crippen LogP contribution in [0, 0.1) is 6.92 Å². The summed E-state index contributed by atoms with van der Waals surface area (Å²) in [5, 5.41) is 6.49. The molecule has 0 aliphatic heterocycles. The zero-order valence-corrected chi connectivity index (χ0v) is 14.8. The molecule has 0 bridgehead atoms. The summed E-state index contributed by atoms with van der Waals surface area (Å²) in [5.74, 6) is 0. The summed E-state index contributed by atoms with van der Waals surface area (Å²) in [4.78, 5) is 19.8. The number of allylic oxidation sites excluding steroid dienone is 1. The second-order valence-electron chi connectivity index (χ2n) is 5.62. The van der Waals surface area contributed by atoms with Gasteiger partial charge in [-0.2, -0.15) is 9.19 Å². The minimum absolute atomic E-state index is 0.0138. The number of halogens is 1. The first kappa shape index (κ1) is 20.9. The zero-order valence-electron chi connectivity index (χ0n) is 14.0. The highest BCUT2D eigenvalue weighted by Gasteiger charge is 2.17. The van der Waals surface area contributed by atoms with Gasteiger partial charge in [-0.3, -0.25) is 5.32 Å². The Hall–Kier alpha value is -2.09. The lowest BCUT2D eigenvalue weighted by atomic mass is 10.2. The number of nitrogens with zero attached hydrogens (tertiary/aromatic N) is 2. The Labute approximate surface area is 140 Å². The lowest BCUT2D eigenvalue weighted by Crippen LogP contribution is -2.32. The summed E-state index contributed by atoms with van der Waals surface area (Å²) in [5.41, 5.74) is 1.79. The molecule has 1 amide bonds. The van der Waals surface area contributed by atoms with Gasteiger partial charge in [0.2, 0.25) is 0 Å². The number of hydrogen-bond donors (Lipinski definition) is 1. The second-order valence-corrected chi connectivity index (χ2v) is 6.10. The predicted octanol–water partition coefficient (Wildman–Crippen LogP) is 3.83. The van der Waals surface area contributed by atoms with E-state index in [0.717, 1.165) is 9.65 Å². The van der Waals surface area contributed by atoms with Crippen molar-refractivity contribution in [3.63, 3.8) is 0 Å². The molecule has 0 aliphatic rings. The fourth-order valence-corrected chi connectivity index (χ4v) is 1.81. The molecule has 8 heteroatoms. The first-order valence-electron chi connectivity index (χ1n) is 6.64. The van der Waals surface area contributed by atoms with Crippen LogP contribution >= 0.6 is 12.3 Å². The molecule has 1 aromatic rings. The molecule has 0 spiro atoms. The van der Waals surface area contributed by atoms with E-state index in [2.05, 4.69) is 17.0 Å². The summed E-state index contributed by atoms with van der Waals surface area (Å²) in [7, 11) is 0. The number of ether oxygens (including phenoxy) is 1. The third-order valence-corrected chi connectivity index (χ3v) is 2.83. The largest absolute Gasteiger partial charge is 0.444 e. The van der Waals surface area contributed by atoms with E-state index >= 15 is 0 Å². The molecule has 1 aromatic heterocycles. The fourth-order valence-electron chi connectivity index (χ4n) is 1.46. The summed E-state index contributed by atoms with van der Waals surface area (Å²) in [6.07, 6.45) is 2.57. The Morgan fingerprint density at radius 1 is 1.48 bits per heavy atom. The average Bonchev–Trinajstić information content (AvgIpc) is 2.79. The van der Waals surface area contributed by atoms with E-state index in [1.165, 1.54) is 0 Å². The van der Waals surface area contributed by atoms with E-state index in [1.807, 2.05) is 6.79 Å². The third-order valence-electron chi connectivity index (χ3n) is 2.41. The van der Waals surface area contributed by atoms with Gasteiger partial charge in [-0.1, -0.05) is 6.58 Å². The summed E-state index contributed by atoms with van der Waals surface area (Å²) >= 11 is -0.0138. The van der Waals surface area contributed by atoms with Gasteiger partial charge < -0.3 is 9.53 Å². The van der Waals surface area contributed by atoms with Gasteiger partial charge in [0.15, 0.2) is 12.3 Å². The Balaban J connectivity index is 0.00000232. The average molecular weight is 343 g/mol. The molecule has 128 valence electrons. The third kappa shape index (κ3) is 7.14. The van der Waals surface area contributed by atoms with Crippen molar-refractivity contribution in [3.05, 3.63) is 35.3 Å². The molecule has 0 saturated carbocycles. The predicted molar refractivity (Wildman–Crippen MR) is 90.3 cm³/mol. The van der Waals surface area contributed by atoms with Crippen LogP contribution in [0.1, 0.15) is 39.0 Å². The van der Waals surface area contributed by atoms with E-state index in [0.29, 0.717) is 17.0 Å². The van der Waals surface area contributed by atoms with Crippen molar-refractivity contribution in [2.75, 3.05) is 0 Å². The van der Waals surface area contributed by atoms with E-state index in [4.69, 9.17) is 9.53 Å². The molecule has 0 fully saturated rings. The molecule has 23 heavy (non-hydrogen) atoms. The van der Waals surface area contributed by atoms with Crippen LogP contribution in [0.4, 0.5) is 8.68 Å². The molecule has 1 N–H and O–H groups in total. The van der Waals surface area contributed by atoms with Crippen molar-refractivity contribution in [1.82, 2.24) is 14.5 Å². The quantitative estimate of drug-likeness (QED) is 0.841. The number of amides is 1. The highest BCUT2D eigenvalue weighted by atomic mass is 32.2. The van der Waals surface area contributed by atoms with Crippen molar-refractivity contribution < 1.29 is 18.2 Å². The van der Waals surface area contributed by atoms with E-state index in [1.54, 1.807) is 46.9 Å². The number of aryl methyl sites for hydroxylation is 1. The van der Waals surface area contributed by atoms with E-state index in [-0.39, 0.29) is 12.3 Å². The molecule has 0 aliphatic carbocycles. The molecule has 6 nitrogen and oxygen atoms in total. The Bertz CT molecular complexity index is 591. The number of carbonyl (C=O) groups excluding carboxylic acids is 2. The maximum absolute atomic E-state index is 12.8. The summed E-state index contributed by atoms with van der Waals surface area (Å²) in [6, 6.07) is 0. The van der Waals surface area contributed by atoms with Gasteiger partial charge >= 0.3 is 6.09 Å². The fraction of sp³-hybridized carbons (Fsp3) is 0.400. The van der Waals surface area contributed by atoms with Crippen molar-refractivity contribution in [3.8, 4) is 0 Å². The molecule has 0 atom stereocenters. The van der Waals surface area contributed by atoms with Gasteiger partial charge in [0.1, 0.15) is 12.4 Å². The van der Waals surface area contributed by atoms with Gasteiger partial charge in [0.25, 0.3) is 0 Å². The van der Waals surface area contributed by atoms with Gasteiger partial charge in [0, 0.05) is 5.70 Å². The Morgan fingerprint density at radius 3 is 2.48 bits per heavy atom. The zero-order chi connectivity index (χ0) is 18.2. The van der Waals surface area contributed by atoms with Crippen molar-refractivity contribution in [2.45, 2.75) is 40.2 Å². The number of rotatable bonds is 4. The number of aromatic nitrogens is 2. The van der Waals surface area contributed by atoms with Gasteiger partial charge in [-0.25, -0.2) is 4.79 Å². The van der Waals surface area contributed by atoms with Crippen LogP contribution in [-0.2, 0) is 9.53 Å². The lowest BCUT2D eigenvalue weighted by molar-refractivity contribution is -0.0980. The van der Waals surface area contributed by atoms with E-state index < -0.39 is 11.7 Å². The van der Waals surface area contributed by atoms with Crippen molar-refractivity contribution in [1.29, 1.82) is 0 Å². The normalized spacial score (nSPS) is 11.3. The number of carbonyl (C=O) groups is 2. The first-order chi connectivity index (χ1) is 10.6. The smallest absolute Gasteiger partial charge is 0.412 e. The minimum Gasteiger partial charge on any atom is -0.444 e. The summed E-state index contributed by atoms with van der Waals surface area (Å²) < 4.78 is 19.1. The molecule has 0 aromatic carbocycles. The van der Waals surface area contributed by atoms with Crippen LogP contribution in [0.5, 0.6) is 0 Å². The maximum atomic E-state index is 12.8. The lowest BCUT2D eigenvalue weighted by Gasteiger charge is -2.20. The highest BCUT2D eigenvalue weighted by molar-refractivity contribution is 7.92. The summed E-state index contributed by atoms with van der Waals surface area (Å²) in [6.45, 7) is 14.7. The highest BCUT2D eigenvalue weighted by Crippen LogP contribution is 2.19. The van der Waals surface area contributed by atoms with Gasteiger partial charge in [-0.15, -0.1) is 3.89 Å². The van der Waals surface area contributed by atoms with Crippen molar-refractivity contribution >= 4 is 31.3 Å². The van der Waals surface area contributed by atoms with E-state index in [9.17, 15) is 8.68 Å². The minimum atomic E-state index is -0.600. The van der Waals surface area contributed by atoms with Gasteiger partial charge in [0.05, 0.1) is 11.9 Å². The standard InChI is InChI=1S/C14H20FN3O2S.CH2O/c1-9(2)11(17-13(19)20-14(4,5)6)7-12-10(3)8-16-18(12)21-15;1-2/h7-8H,1H2,2-6H3,(H,17,19);1H2/b11-7+;. The molecule has 1 heterocycles. The molecular formula is C15H22FN3O3S. The van der Waals surface area contributed by atoms with Crippen LogP contribution in [0.2, 0.25) is 0 Å².